The summed E-state index contributed by atoms with van der Waals surface area (Å²) in [5, 5.41) is 8.97. The highest BCUT2D eigenvalue weighted by Gasteiger charge is 2.46. The molecule has 1 aliphatic carbocycles. The van der Waals surface area contributed by atoms with E-state index in [1.165, 1.54) is 11.1 Å². The molecule has 19 heavy (non-hydrogen) atoms. The van der Waals surface area contributed by atoms with Gasteiger partial charge in [-0.1, -0.05) is 13.0 Å². The first-order valence-corrected chi connectivity index (χ1v) is 6.98. The van der Waals surface area contributed by atoms with Crippen LogP contribution < -0.4 is 4.74 Å². The molecule has 0 radical (unpaired) electrons. The van der Waals surface area contributed by atoms with Crippen molar-refractivity contribution in [2.45, 2.75) is 33.6 Å². The van der Waals surface area contributed by atoms with Gasteiger partial charge in [0.1, 0.15) is 5.75 Å². The van der Waals surface area contributed by atoms with Crippen molar-refractivity contribution >= 4 is 5.97 Å². The Balaban J connectivity index is 1.98. The molecule has 3 heteroatoms. The SMILES string of the molecule is CCOc1ccc(CC(C)C2CC2C(=O)O)c(C)c1. The molecule has 2 rings (SSSR count). The summed E-state index contributed by atoms with van der Waals surface area (Å²) >= 11 is 0. The summed E-state index contributed by atoms with van der Waals surface area (Å²) in [5.41, 5.74) is 2.53. The van der Waals surface area contributed by atoms with Gasteiger partial charge in [0.25, 0.3) is 0 Å². The summed E-state index contributed by atoms with van der Waals surface area (Å²) in [5.74, 6) is 0.936. The fourth-order valence-corrected chi connectivity index (χ4v) is 2.78. The maximum absolute atomic E-state index is 10.9. The first-order valence-electron chi connectivity index (χ1n) is 6.98. The number of aliphatic carboxylic acids is 1. The molecule has 0 amide bonds. The molecule has 1 aromatic rings. The minimum Gasteiger partial charge on any atom is -0.494 e. The Labute approximate surface area is 114 Å². The molecular formula is C16H22O3. The molecule has 0 spiro atoms. The minimum atomic E-state index is -0.639. The normalized spacial score (nSPS) is 22.9. The molecule has 104 valence electrons. The molecular weight excluding hydrogens is 240 g/mol. The molecule has 1 aromatic carbocycles. The lowest BCUT2D eigenvalue weighted by Crippen LogP contribution is -2.09. The Bertz CT molecular complexity index is 467. The summed E-state index contributed by atoms with van der Waals surface area (Å²) in [6.07, 6.45) is 1.79. The topological polar surface area (TPSA) is 46.5 Å². The highest BCUT2D eigenvalue weighted by molar-refractivity contribution is 5.73. The Kier molecular flexibility index (Phi) is 4.13. The van der Waals surface area contributed by atoms with Gasteiger partial charge in [0.15, 0.2) is 0 Å². The second kappa shape index (κ2) is 5.64. The zero-order valence-electron chi connectivity index (χ0n) is 11.8. The van der Waals surface area contributed by atoms with Gasteiger partial charge in [-0.15, -0.1) is 0 Å². The maximum Gasteiger partial charge on any atom is 0.306 e. The third-order valence-corrected chi connectivity index (χ3v) is 4.05. The van der Waals surface area contributed by atoms with Crippen LogP contribution in [0.3, 0.4) is 0 Å². The molecule has 0 bridgehead atoms. The maximum atomic E-state index is 10.9. The van der Waals surface area contributed by atoms with E-state index in [-0.39, 0.29) is 5.92 Å². The number of carboxylic acid groups (broad SMARTS) is 1. The second-order valence-electron chi connectivity index (χ2n) is 5.55. The third kappa shape index (κ3) is 3.28. The number of hydrogen-bond acceptors (Lipinski definition) is 2. The number of aryl methyl sites for hydroxylation is 1. The second-order valence-corrected chi connectivity index (χ2v) is 5.55. The third-order valence-electron chi connectivity index (χ3n) is 4.05. The lowest BCUT2D eigenvalue weighted by molar-refractivity contribution is -0.139. The Morgan fingerprint density at radius 1 is 1.53 bits per heavy atom. The molecule has 3 atom stereocenters. The predicted octanol–water partition coefficient (Wildman–Crippen LogP) is 3.29. The molecule has 0 heterocycles. The standard InChI is InChI=1S/C16H22O3/c1-4-19-13-6-5-12(10(2)8-13)7-11(3)14-9-15(14)16(17)18/h5-6,8,11,14-15H,4,7,9H2,1-3H3,(H,17,18). The summed E-state index contributed by atoms with van der Waals surface area (Å²) in [6.45, 7) is 6.90. The lowest BCUT2D eigenvalue weighted by Gasteiger charge is -2.14. The van der Waals surface area contributed by atoms with Crippen molar-refractivity contribution in [1.82, 2.24) is 0 Å². The van der Waals surface area contributed by atoms with Crippen molar-refractivity contribution < 1.29 is 14.6 Å². The van der Waals surface area contributed by atoms with Gasteiger partial charge in [-0.25, -0.2) is 0 Å². The highest BCUT2D eigenvalue weighted by atomic mass is 16.5. The predicted molar refractivity (Wildman–Crippen MR) is 74.4 cm³/mol. The van der Waals surface area contributed by atoms with Crippen LogP contribution in [-0.2, 0) is 11.2 Å². The van der Waals surface area contributed by atoms with Crippen molar-refractivity contribution in [2.24, 2.45) is 17.8 Å². The smallest absolute Gasteiger partial charge is 0.306 e. The van der Waals surface area contributed by atoms with Gasteiger partial charge >= 0.3 is 5.97 Å². The van der Waals surface area contributed by atoms with E-state index in [9.17, 15) is 4.79 Å². The van der Waals surface area contributed by atoms with E-state index < -0.39 is 5.97 Å². The van der Waals surface area contributed by atoms with Gasteiger partial charge in [-0.3, -0.25) is 4.79 Å². The van der Waals surface area contributed by atoms with Crippen LogP contribution in [0.1, 0.15) is 31.4 Å². The largest absolute Gasteiger partial charge is 0.494 e. The molecule has 1 N–H and O–H groups in total. The van der Waals surface area contributed by atoms with Crippen LogP contribution in [0.5, 0.6) is 5.75 Å². The van der Waals surface area contributed by atoms with Crippen LogP contribution in [0.4, 0.5) is 0 Å². The fraction of sp³-hybridized carbons (Fsp3) is 0.562. The molecule has 0 aliphatic heterocycles. The van der Waals surface area contributed by atoms with E-state index in [1.54, 1.807) is 0 Å². The van der Waals surface area contributed by atoms with Gasteiger partial charge < -0.3 is 9.84 Å². The van der Waals surface area contributed by atoms with Crippen molar-refractivity contribution in [1.29, 1.82) is 0 Å². The van der Waals surface area contributed by atoms with Gasteiger partial charge in [0, 0.05) is 0 Å². The zero-order valence-corrected chi connectivity index (χ0v) is 11.8. The number of rotatable bonds is 6. The minimum absolute atomic E-state index is 0.113. The van der Waals surface area contributed by atoms with Crippen LogP contribution in [-0.4, -0.2) is 17.7 Å². The Hall–Kier alpha value is -1.51. The molecule has 0 saturated heterocycles. The van der Waals surface area contributed by atoms with E-state index in [0.717, 1.165) is 18.6 Å². The zero-order chi connectivity index (χ0) is 14.0. The summed E-state index contributed by atoms with van der Waals surface area (Å²) < 4.78 is 5.48. The van der Waals surface area contributed by atoms with E-state index >= 15 is 0 Å². The van der Waals surface area contributed by atoms with E-state index in [2.05, 4.69) is 26.0 Å². The van der Waals surface area contributed by atoms with Crippen molar-refractivity contribution in [3.8, 4) is 5.75 Å². The van der Waals surface area contributed by atoms with Gasteiger partial charge in [0.2, 0.25) is 0 Å². The van der Waals surface area contributed by atoms with Crippen molar-refractivity contribution in [3.05, 3.63) is 29.3 Å². The molecule has 1 saturated carbocycles. The first-order chi connectivity index (χ1) is 9.02. The van der Waals surface area contributed by atoms with Crippen LogP contribution in [0, 0.1) is 24.7 Å². The summed E-state index contributed by atoms with van der Waals surface area (Å²) in [4.78, 5) is 10.9. The van der Waals surface area contributed by atoms with Crippen molar-refractivity contribution in [3.63, 3.8) is 0 Å². The van der Waals surface area contributed by atoms with Crippen LogP contribution in [0.2, 0.25) is 0 Å². The highest BCUT2D eigenvalue weighted by Crippen LogP contribution is 2.45. The molecule has 3 unspecified atom stereocenters. The fourth-order valence-electron chi connectivity index (χ4n) is 2.78. The number of ether oxygens (including phenoxy) is 1. The van der Waals surface area contributed by atoms with Gasteiger partial charge in [-0.2, -0.15) is 0 Å². The lowest BCUT2D eigenvalue weighted by atomic mass is 9.93. The number of carboxylic acids is 1. The van der Waals surface area contributed by atoms with Gasteiger partial charge in [-0.05, 0) is 61.8 Å². The van der Waals surface area contributed by atoms with Crippen LogP contribution in [0.15, 0.2) is 18.2 Å². The average Bonchev–Trinajstić information content (AvgIpc) is 3.13. The van der Waals surface area contributed by atoms with Crippen molar-refractivity contribution in [2.75, 3.05) is 6.61 Å². The van der Waals surface area contributed by atoms with E-state index in [0.29, 0.717) is 18.4 Å². The molecule has 1 fully saturated rings. The van der Waals surface area contributed by atoms with Crippen LogP contribution >= 0.6 is 0 Å². The monoisotopic (exact) mass is 262 g/mol. The molecule has 3 nitrogen and oxygen atoms in total. The Morgan fingerprint density at radius 2 is 2.26 bits per heavy atom. The van der Waals surface area contributed by atoms with E-state index in [4.69, 9.17) is 9.84 Å². The van der Waals surface area contributed by atoms with E-state index in [1.807, 2.05) is 13.0 Å². The molecule has 0 aromatic heterocycles. The summed E-state index contributed by atoms with van der Waals surface area (Å²) in [7, 11) is 0. The van der Waals surface area contributed by atoms with Crippen LogP contribution in [0.25, 0.3) is 0 Å². The quantitative estimate of drug-likeness (QED) is 0.855. The number of benzene rings is 1. The average molecular weight is 262 g/mol. The first kappa shape index (κ1) is 13.9. The number of hydrogen-bond donors (Lipinski definition) is 1. The molecule has 1 aliphatic rings. The van der Waals surface area contributed by atoms with Gasteiger partial charge in [0.05, 0.1) is 12.5 Å². The Morgan fingerprint density at radius 3 is 2.79 bits per heavy atom. The number of carbonyl (C=O) groups is 1. The summed E-state index contributed by atoms with van der Waals surface area (Å²) in [6, 6.07) is 6.17.